The lowest BCUT2D eigenvalue weighted by atomic mass is 10.1. The number of carbonyl (C=O) groups is 1. The summed E-state index contributed by atoms with van der Waals surface area (Å²) in [5.74, 6) is 0.122. The predicted molar refractivity (Wildman–Crippen MR) is 88.1 cm³/mol. The van der Waals surface area contributed by atoms with Crippen molar-refractivity contribution in [3.8, 4) is 0 Å². The van der Waals surface area contributed by atoms with Crippen LogP contribution in [-0.2, 0) is 11.3 Å². The molecule has 0 bridgehead atoms. The van der Waals surface area contributed by atoms with Crippen molar-refractivity contribution < 1.29 is 4.79 Å². The van der Waals surface area contributed by atoms with E-state index in [2.05, 4.69) is 45.2 Å². The van der Waals surface area contributed by atoms with Crippen molar-refractivity contribution in [2.45, 2.75) is 19.9 Å². The van der Waals surface area contributed by atoms with Crippen LogP contribution in [0.25, 0.3) is 0 Å². The maximum absolute atomic E-state index is 12.0. The van der Waals surface area contributed by atoms with E-state index in [0.29, 0.717) is 6.54 Å². The van der Waals surface area contributed by atoms with Crippen molar-refractivity contribution in [2.75, 3.05) is 39.1 Å². The third-order valence-electron chi connectivity index (χ3n) is 3.07. The van der Waals surface area contributed by atoms with Crippen LogP contribution in [0, 0.1) is 0 Å². The Bertz CT molecular complexity index is 449. The van der Waals surface area contributed by atoms with E-state index in [4.69, 9.17) is 0 Å². The van der Waals surface area contributed by atoms with Crippen LogP contribution in [0.5, 0.6) is 0 Å². The molecule has 0 atom stereocenters. The quantitative estimate of drug-likeness (QED) is 0.827. The molecule has 0 unspecified atom stereocenters. The van der Waals surface area contributed by atoms with E-state index in [0.717, 1.165) is 29.7 Å². The average molecular weight is 342 g/mol. The summed E-state index contributed by atoms with van der Waals surface area (Å²) in [5.41, 5.74) is 2.32. The number of likely N-dealkylation sites (N-methyl/N-ethyl adjacent to an activating group) is 1. The fourth-order valence-electron chi connectivity index (χ4n) is 2.05. The van der Waals surface area contributed by atoms with Gasteiger partial charge in [-0.1, -0.05) is 22.9 Å². The van der Waals surface area contributed by atoms with Gasteiger partial charge in [-0.15, -0.1) is 0 Å². The first-order valence-corrected chi connectivity index (χ1v) is 7.67. The molecular formula is C15H24BrN3O. The summed E-state index contributed by atoms with van der Waals surface area (Å²) in [5, 5.41) is 3.18. The van der Waals surface area contributed by atoms with Crippen LogP contribution < -0.4 is 10.2 Å². The van der Waals surface area contributed by atoms with Gasteiger partial charge in [-0.25, -0.2) is 0 Å². The average Bonchev–Trinajstić information content (AvgIpc) is 2.38. The maximum Gasteiger partial charge on any atom is 0.241 e. The zero-order chi connectivity index (χ0) is 15.1. The molecule has 1 N–H and O–H groups in total. The van der Waals surface area contributed by atoms with Crippen LogP contribution in [-0.4, -0.2) is 45.0 Å². The van der Waals surface area contributed by atoms with Crippen LogP contribution in [0.4, 0.5) is 5.69 Å². The fraction of sp³-hybridized carbons (Fsp3) is 0.533. The number of hydrogen-bond donors (Lipinski definition) is 1. The lowest BCUT2D eigenvalue weighted by molar-refractivity contribution is -0.127. The number of nitrogens with one attached hydrogen (secondary N) is 1. The summed E-state index contributed by atoms with van der Waals surface area (Å²) in [6.45, 7) is 4.20. The standard InChI is InChI=1S/C15H24BrN3O/c1-5-8-19(11-15(20)18(3)4)14-7-6-13(16)9-12(14)10-17-2/h6-7,9,17H,5,8,10-11H2,1-4H3. The first-order chi connectivity index (χ1) is 9.49. The molecule has 0 aliphatic heterocycles. The van der Waals surface area contributed by atoms with Crippen LogP contribution in [0.15, 0.2) is 22.7 Å². The van der Waals surface area contributed by atoms with Gasteiger partial charge in [-0.3, -0.25) is 4.79 Å². The van der Waals surface area contributed by atoms with Gasteiger partial charge in [0.15, 0.2) is 0 Å². The van der Waals surface area contributed by atoms with Gasteiger partial charge in [0, 0.05) is 37.3 Å². The molecule has 1 aromatic carbocycles. The molecule has 0 aliphatic carbocycles. The van der Waals surface area contributed by atoms with Gasteiger partial charge in [0.2, 0.25) is 5.91 Å². The zero-order valence-electron chi connectivity index (χ0n) is 12.7. The number of carbonyl (C=O) groups excluding carboxylic acids is 1. The largest absolute Gasteiger partial charge is 0.362 e. The number of amides is 1. The summed E-state index contributed by atoms with van der Waals surface area (Å²) in [7, 11) is 5.52. The molecule has 0 aromatic heterocycles. The van der Waals surface area contributed by atoms with Crippen molar-refractivity contribution in [3.05, 3.63) is 28.2 Å². The Kier molecular flexibility index (Phi) is 7.02. The highest BCUT2D eigenvalue weighted by Gasteiger charge is 2.15. The highest BCUT2D eigenvalue weighted by molar-refractivity contribution is 9.10. The maximum atomic E-state index is 12.0. The normalized spacial score (nSPS) is 10.4. The molecule has 1 amide bonds. The zero-order valence-corrected chi connectivity index (χ0v) is 14.3. The molecule has 1 rings (SSSR count). The molecule has 0 radical (unpaired) electrons. The van der Waals surface area contributed by atoms with Crippen molar-refractivity contribution >= 4 is 27.5 Å². The second kappa shape index (κ2) is 8.27. The third-order valence-corrected chi connectivity index (χ3v) is 3.56. The number of halogens is 1. The summed E-state index contributed by atoms with van der Waals surface area (Å²) < 4.78 is 1.06. The highest BCUT2D eigenvalue weighted by Crippen LogP contribution is 2.25. The lowest BCUT2D eigenvalue weighted by Gasteiger charge is -2.27. The Morgan fingerprint density at radius 3 is 2.60 bits per heavy atom. The van der Waals surface area contributed by atoms with E-state index in [9.17, 15) is 4.79 Å². The van der Waals surface area contributed by atoms with E-state index < -0.39 is 0 Å². The molecule has 112 valence electrons. The van der Waals surface area contributed by atoms with Crippen molar-refractivity contribution in [1.82, 2.24) is 10.2 Å². The fourth-order valence-corrected chi connectivity index (χ4v) is 2.46. The predicted octanol–water partition coefficient (Wildman–Crippen LogP) is 2.47. The molecule has 0 heterocycles. The topological polar surface area (TPSA) is 35.6 Å². The summed E-state index contributed by atoms with van der Waals surface area (Å²) in [6, 6.07) is 6.21. The van der Waals surface area contributed by atoms with Gasteiger partial charge < -0.3 is 15.1 Å². The molecule has 4 nitrogen and oxygen atoms in total. The van der Waals surface area contributed by atoms with Gasteiger partial charge in [-0.2, -0.15) is 0 Å². The van der Waals surface area contributed by atoms with Gasteiger partial charge in [0.1, 0.15) is 0 Å². The minimum Gasteiger partial charge on any atom is -0.362 e. The third kappa shape index (κ3) is 4.80. The van der Waals surface area contributed by atoms with Gasteiger partial charge >= 0.3 is 0 Å². The minimum absolute atomic E-state index is 0.122. The molecule has 0 spiro atoms. The van der Waals surface area contributed by atoms with E-state index in [-0.39, 0.29) is 5.91 Å². The Morgan fingerprint density at radius 2 is 2.05 bits per heavy atom. The molecule has 5 heteroatoms. The number of benzene rings is 1. The van der Waals surface area contributed by atoms with Gasteiger partial charge in [-0.05, 0) is 37.2 Å². The molecule has 20 heavy (non-hydrogen) atoms. The highest BCUT2D eigenvalue weighted by atomic mass is 79.9. The number of nitrogens with zero attached hydrogens (tertiary/aromatic N) is 2. The molecule has 0 fully saturated rings. The molecule has 0 saturated carbocycles. The first-order valence-electron chi connectivity index (χ1n) is 6.87. The second-order valence-electron chi connectivity index (χ2n) is 5.01. The monoisotopic (exact) mass is 341 g/mol. The summed E-state index contributed by atoms with van der Waals surface area (Å²) >= 11 is 3.51. The van der Waals surface area contributed by atoms with Crippen molar-refractivity contribution in [1.29, 1.82) is 0 Å². The smallest absolute Gasteiger partial charge is 0.241 e. The summed E-state index contributed by atoms with van der Waals surface area (Å²) in [6.07, 6.45) is 1.01. The van der Waals surface area contributed by atoms with Crippen molar-refractivity contribution in [3.63, 3.8) is 0 Å². The van der Waals surface area contributed by atoms with Crippen molar-refractivity contribution in [2.24, 2.45) is 0 Å². The van der Waals surface area contributed by atoms with E-state index in [1.807, 2.05) is 13.1 Å². The number of hydrogen-bond acceptors (Lipinski definition) is 3. The molecule has 0 saturated heterocycles. The Hall–Kier alpha value is -1.07. The van der Waals surface area contributed by atoms with E-state index >= 15 is 0 Å². The van der Waals surface area contributed by atoms with Crippen LogP contribution in [0.3, 0.4) is 0 Å². The Labute approximate surface area is 130 Å². The first kappa shape index (κ1) is 17.0. The molecule has 0 aliphatic rings. The van der Waals surface area contributed by atoms with E-state index in [1.165, 1.54) is 5.56 Å². The number of rotatable bonds is 7. The molecular weight excluding hydrogens is 318 g/mol. The second-order valence-corrected chi connectivity index (χ2v) is 5.93. The van der Waals surface area contributed by atoms with Crippen LogP contribution in [0.1, 0.15) is 18.9 Å². The molecule has 1 aromatic rings. The van der Waals surface area contributed by atoms with E-state index in [1.54, 1.807) is 19.0 Å². The van der Waals surface area contributed by atoms with Gasteiger partial charge in [0.05, 0.1) is 6.54 Å². The lowest BCUT2D eigenvalue weighted by Crippen LogP contribution is -2.37. The summed E-state index contributed by atoms with van der Waals surface area (Å²) in [4.78, 5) is 15.8. The van der Waals surface area contributed by atoms with Crippen LogP contribution in [0.2, 0.25) is 0 Å². The SMILES string of the molecule is CCCN(CC(=O)N(C)C)c1ccc(Br)cc1CNC. The van der Waals surface area contributed by atoms with Gasteiger partial charge in [0.25, 0.3) is 0 Å². The Balaban J connectivity index is 3.04. The minimum atomic E-state index is 0.122. The Morgan fingerprint density at radius 1 is 1.35 bits per heavy atom. The number of anilines is 1. The van der Waals surface area contributed by atoms with Crippen LogP contribution >= 0.6 is 15.9 Å².